The van der Waals surface area contributed by atoms with Gasteiger partial charge in [-0.05, 0) is 30.5 Å². The van der Waals surface area contributed by atoms with Crippen molar-refractivity contribution in [3.05, 3.63) is 35.7 Å². The molecule has 1 aromatic carbocycles. The number of esters is 1. The number of fused-ring (bicyclic) bond motifs is 1. The molecular formula is C19H16F2N4O5S2. The van der Waals surface area contributed by atoms with Crippen LogP contribution in [0, 0.1) is 0 Å². The highest BCUT2D eigenvalue weighted by Gasteiger charge is 2.43. The van der Waals surface area contributed by atoms with Gasteiger partial charge in [-0.3, -0.25) is 9.59 Å². The van der Waals surface area contributed by atoms with Crippen LogP contribution in [0.4, 0.5) is 14.5 Å². The Kier molecular flexibility index (Phi) is 6.28. The molecule has 3 aromatic rings. The maximum absolute atomic E-state index is 13.1. The summed E-state index contributed by atoms with van der Waals surface area (Å²) in [6.45, 7) is 2.04. The fraction of sp³-hybridized carbons (Fsp3) is 0.263. The molecule has 1 aliphatic heterocycles. The zero-order chi connectivity index (χ0) is 22.7. The van der Waals surface area contributed by atoms with Gasteiger partial charge in [-0.25, -0.2) is 0 Å². The van der Waals surface area contributed by atoms with Crippen molar-refractivity contribution in [3.8, 4) is 22.2 Å². The minimum atomic E-state index is -3.75. The summed E-state index contributed by atoms with van der Waals surface area (Å²) in [7, 11) is 0. The van der Waals surface area contributed by atoms with E-state index >= 15 is 0 Å². The van der Waals surface area contributed by atoms with E-state index in [1.807, 2.05) is 29.0 Å². The van der Waals surface area contributed by atoms with Crippen LogP contribution in [0.15, 0.2) is 40.9 Å². The number of halogens is 2. The Morgan fingerprint density at radius 3 is 2.81 bits per heavy atom. The second-order valence-electron chi connectivity index (χ2n) is 6.35. The second kappa shape index (κ2) is 9.12. The molecule has 13 heteroatoms. The topological polar surface area (TPSA) is 105 Å². The quantitative estimate of drug-likeness (QED) is 0.384. The molecule has 32 heavy (non-hydrogen) atoms. The molecule has 3 heterocycles. The van der Waals surface area contributed by atoms with Gasteiger partial charge >= 0.3 is 12.3 Å². The molecule has 0 bridgehead atoms. The van der Waals surface area contributed by atoms with Crippen molar-refractivity contribution in [2.24, 2.45) is 0 Å². The molecular weight excluding hydrogens is 466 g/mol. The molecule has 0 fully saturated rings. The van der Waals surface area contributed by atoms with E-state index < -0.39 is 24.8 Å². The summed E-state index contributed by atoms with van der Waals surface area (Å²) in [4.78, 5) is 25.0. The second-order valence-corrected chi connectivity index (χ2v) is 8.24. The van der Waals surface area contributed by atoms with Crippen molar-refractivity contribution in [1.82, 2.24) is 14.8 Å². The van der Waals surface area contributed by atoms with E-state index in [-0.39, 0.29) is 22.9 Å². The van der Waals surface area contributed by atoms with Crippen LogP contribution < -0.4 is 14.8 Å². The number of thioether (sulfide) groups is 1. The lowest BCUT2D eigenvalue weighted by atomic mass is 10.3. The van der Waals surface area contributed by atoms with Gasteiger partial charge in [0.25, 0.3) is 5.91 Å². The van der Waals surface area contributed by atoms with Crippen molar-refractivity contribution >= 4 is 40.7 Å². The Morgan fingerprint density at radius 1 is 1.25 bits per heavy atom. The van der Waals surface area contributed by atoms with Gasteiger partial charge < -0.3 is 24.1 Å². The predicted octanol–water partition coefficient (Wildman–Crippen LogP) is 3.62. The van der Waals surface area contributed by atoms with E-state index in [9.17, 15) is 18.4 Å². The van der Waals surface area contributed by atoms with Crippen molar-refractivity contribution in [1.29, 1.82) is 0 Å². The molecule has 0 radical (unpaired) electrons. The first-order valence-electron chi connectivity index (χ1n) is 9.30. The van der Waals surface area contributed by atoms with E-state index in [0.29, 0.717) is 11.7 Å². The number of hydrogen-bond donors (Lipinski definition) is 1. The number of carbonyl (C=O) groups excluding carboxylic acids is 2. The Balaban J connectivity index is 1.26. The molecule has 0 aliphatic carbocycles. The number of nitrogens with one attached hydrogen (secondary N) is 1. The number of nitrogens with zero attached hydrogens (tertiary/aromatic N) is 3. The van der Waals surface area contributed by atoms with E-state index in [2.05, 4.69) is 25.0 Å². The molecule has 0 atom stereocenters. The fourth-order valence-corrected chi connectivity index (χ4v) is 4.32. The first-order valence-corrected chi connectivity index (χ1v) is 11.2. The van der Waals surface area contributed by atoms with E-state index in [0.717, 1.165) is 22.5 Å². The average molecular weight is 482 g/mol. The summed E-state index contributed by atoms with van der Waals surface area (Å²) >= 11 is 2.69. The van der Waals surface area contributed by atoms with Gasteiger partial charge in [0.15, 0.2) is 29.1 Å². The van der Waals surface area contributed by atoms with Crippen molar-refractivity contribution < 1.29 is 32.6 Å². The summed E-state index contributed by atoms with van der Waals surface area (Å²) in [5, 5.41) is 13.3. The monoisotopic (exact) mass is 482 g/mol. The minimum absolute atomic E-state index is 0.0606. The summed E-state index contributed by atoms with van der Waals surface area (Å²) in [5.41, 5.74) is 0.192. The molecule has 0 spiro atoms. The number of amides is 1. The first kappa shape index (κ1) is 22.0. The molecule has 1 N–H and O–H groups in total. The highest BCUT2D eigenvalue weighted by Crippen LogP contribution is 2.42. The van der Waals surface area contributed by atoms with Crippen LogP contribution in [0.25, 0.3) is 10.7 Å². The number of ether oxygens (including phenoxy) is 3. The van der Waals surface area contributed by atoms with Gasteiger partial charge in [0.05, 0.1) is 10.6 Å². The number of alkyl halides is 2. The lowest BCUT2D eigenvalue weighted by Crippen LogP contribution is -2.25. The predicted molar refractivity (Wildman–Crippen MR) is 112 cm³/mol. The minimum Gasteiger partial charge on any atom is -0.455 e. The smallest absolute Gasteiger partial charge is 0.455 e. The molecule has 168 valence electrons. The zero-order valence-corrected chi connectivity index (χ0v) is 18.2. The lowest BCUT2D eigenvalue weighted by Gasteiger charge is -2.08. The maximum atomic E-state index is 13.1. The van der Waals surface area contributed by atoms with Gasteiger partial charge in [0.1, 0.15) is 0 Å². The van der Waals surface area contributed by atoms with Gasteiger partial charge in [-0.1, -0.05) is 17.8 Å². The SMILES string of the molecule is CCn1c(SCC(=O)OCC(=O)Nc2ccc3c(c2)OC(F)(F)O3)nnc1-c1cccs1. The number of rotatable bonds is 8. The van der Waals surface area contributed by atoms with Crippen LogP contribution >= 0.6 is 23.1 Å². The van der Waals surface area contributed by atoms with Crippen LogP contribution in [0.3, 0.4) is 0 Å². The number of hydrogen-bond acceptors (Lipinski definition) is 9. The average Bonchev–Trinajstić information content (AvgIpc) is 3.47. The van der Waals surface area contributed by atoms with Gasteiger partial charge in [-0.15, -0.1) is 30.3 Å². The molecule has 1 aliphatic rings. The highest BCUT2D eigenvalue weighted by molar-refractivity contribution is 7.99. The van der Waals surface area contributed by atoms with Crippen LogP contribution in [0.1, 0.15) is 6.92 Å². The van der Waals surface area contributed by atoms with Gasteiger partial charge in [-0.2, -0.15) is 0 Å². The normalized spacial score (nSPS) is 13.7. The van der Waals surface area contributed by atoms with Crippen LogP contribution in [0.2, 0.25) is 0 Å². The third kappa shape index (κ3) is 4.99. The Bertz CT molecular complexity index is 1140. The Hall–Kier alpha value is -3.19. The van der Waals surface area contributed by atoms with Crippen LogP contribution in [-0.2, 0) is 20.9 Å². The summed E-state index contributed by atoms with van der Waals surface area (Å²) < 4.78 is 41.6. The Morgan fingerprint density at radius 2 is 2.06 bits per heavy atom. The molecule has 0 saturated heterocycles. The number of thiophene rings is 1. The maximum Gasteiger partial charge on any atom is 0.586 e. The van der Waals surface area contributed by atoms with Gasteiger partial charge in [0, 0.05) is 18.3 Å². The van der Waals surface area contributed by atoms with Crippen molar-refractivity contribution in [3.63, 3.8) is 0 Å². The largest absolute Gasteiger partial charge is 0.586 e. The van der Waals surface area contributed by atoms with E-state index in [1.165, 1.54) is 18.2 Å². The number of anilines is 1. The first-order chi connectivity index (χ1) is 15.3. The Labute approximate surface area is 188 Å². The summed E-state index contributed by atoms with van der Waals surface area (Å²) in [6.07, 6.45) is -3.75. The summed E-state index contributed by atoms with van der Waals surface area (Å²) in [5.74, 6) is -0.930. The third-order valence-corrected chi connectivity index (χ3v) is 5.95. The number of carbonyl (C=O) groups is 2. The van der Waals surface area contributed by atoms with E-state index in [4.69, 9.17) is 4.74 Å². The molecule has 9 nitrogen and oxygen atoms in total. The third-order valence-electron chi connectivity index (χ3n) is 4.14. The molecule has 4 rings (SSSR count). The molecule has 0 saturated carbocycles. The fourth-order valence-electron chi connectivity index (χ4n) is 2.80. The van der Waals surface area contributed by atoms with Gasteiger partial charge in [0.2, 0.25) is 0 Å². The van der Waals surface area contributed by atoms with Crippen molar-refractivity contribution in [2.75, 3.05) is 17.7 Å². The summed E-state index contributed by atoms with van der Waals surface area (Å²) in [6, 6.07) is 7.65. The van der Waals surface area contributed by atoms with Crippen LogP contribution in [-0.4, -0.2) is 45.3 Å². The molecule has 2 aromatic heterocycles. The van der Waals surface area contributed by atoms with Crippen molar-refractivity contribution in [2.45, 2.75) is 24.9 Å². The lowest BCUT2D eigenvalue weighted by molar-refractivity contribution is -0.286. The highest BCUT2D eigenvalue weighted by atomic mass is 32.2. The number of benzene rings is 1. The van der Waals surface area contributed by atoms with Crippen LogP contribution in [0.5, 0.6) is 11.5 Å². The molecule has 0 unspecified atom stereocenters. The standard InChI is InChI=1S/C19H16F2N4O5S2/c1-2-25-17(14-4-3-7-31-14)23-24-18(25)32-10-16(27)28-9-15(26)22-11-5-6-12-13(8-11)30-19(20,21)29-12/h3-8H,2,9-10H2,1H3,(H,22,26). The number of aromatic nitrogens is 3. The van der Waals surface area contributed by atoms with E-state index in [1.54, 1.807) is 11.3 Å². The zero-order valence-electron chi connectivity index (χ0n) is 16.5. The molecule has 1 amide bonds.